The Morgan fingerprint density at radius 1 is 0.975 bits per heavy atom. The van der Waals surface area contributed by atoms with Crippen LogP contribution in [0.2, 0.25) is 15.1 Å². The summed E-state index contributed by atoms with van der Waals surface area (Å²) in [6, 6.07) is 13.4. The minimum absolute atomic E-state index is 0.181. The first-order chi connectivity index (χ1) is 19.3. The van der Waals surface area contributed by atoms with Crippen molar-refractivity contribution in [2.75, 3.05) is 13.1 Å². The van der Waals surface area contributed by atoms with Crippen LogP contribution in [-0.4, -0.2) is 34.8 Å². The Morgan fingerprint density at radius 3 is 2.42 bits per heavy atom. The van der Waals surface area contributed by atoms with Crippen molar-refractivity contribution >= 4 is 40.7 Å². The predicted molar refractivity (Wildman–Crippen MR) is 166 cm³/mol. The molecule has 0 saturated heterocycles. The fraction of sp³-hybridized carbons (Fsp3) is 0.500. The Bertz CT molecular complexity index is 1340. The van der Waals surface area contributed by atoms with Gasteiger partial charge < -0.3 is 10.6 Å². The number of hydrogen-bond donors (Lipinski definition) is 2. The molecule has 2 aliphatic rings. The lowest BCUT2D eigenvalue weighted by Gasteiger charge is -2.47. The number of carbonyl (C=O) groups excluding carboxylic acids is 1. The fourth-order valence-corrected chi connectivity index (χ4v) is 7.81. The Labute approximate surface area is 253 Å². The molecular weight excluding hydrogens is 563 g/mol. The van der Waals surface area contributed by atoms with E-state index in [0.717, 1.165) is 47.0 Å². The molecule has 214 valence electrons. The molecule has 2 N–H and O–H groups in total. The molecule has 5 unspecified atom stereocenters. The van der Waals surface area contributed by atoms with Gasteiger partial charge in [-0.25, -0.2) is 4.68 Å². The van der Waals surface area contributed by atoms with E-state index in [9.17, 15) is 4.79 Å². The third-order valence-electron chi connectivity index (χ3n) is 8.85. The van der Waals surface area contributed by atoms with Crippen LogP contribution in [0.25, 0.3) is 16.9 Å². The highest BCUT2D eigenvalue weighted by Gasteiger charge is 2.40. The highest BCUT2D eigenvalue weighted by molar-refractivity contribution is 6.35. The van der Waals surface area contributed by atoms with Gasteiger partial charge in [-0.2, -0.15) is 5.10 Å². The number of aromatic nitrogens is 2. The number of halogens is 3. The van der Waals surface area contributed by atoms with Crippen LogP contribution in [0.5, 0.6) is 0 Å². The third kappa shape index (κ3) is 6.23. The molecule has 1 heterocycles. The van der Waals surface area contributed by atoms with Gasteiger partial charge in [-0.3, -0.25) is 4.79 Å². The van der Waals surface area contributed by atoms with E-state index in [1.165, 1.54) is 32.1 Å². The highest BCUT2D eigenvalue weighted by Crippen LogP contribution is 2.45. The SMILES string of the molecule is CCc1c(C(=O)NCCNC2C(CC)CC3CC(C)CC2C3)nn(-c2ccc(Cl)cc2Cl)c1-c1ccc(Cl)cc1. The van der Waals surface area contributed by atoms with Gasteiger partial charge in [0, 0.05) is 40.3 Å². The first-order valence-corrected chi connectivity index (χ1v) is 15.8. The van der Waals surface area contributed by atoms with Crippen LogP contribution in [-0.2, 0) is 6.42 Å². The second kappa shape index (κ2) is 12.9. The van der Waals surface area contributed by atoms with Crippen molar-refractivity contribution in [2.45, 2.75) is 65.3 Å². The van der Waals surface area contributed by atoms with Crippen LogP contribution in [0.15, 0.2) is 42.5 Å². The average molecular weight is 602 g/mol. The summed E-state index contributed by atoms with van der Waals surface area (Å²) in [7, 11) is 0. The molecule has 1 amide bonds. The second-order valence-corrected chi connectivity index (χ2v) is 12.9. The van der Waals surface area contributed by atoms with Crippen LogP contribution < -0.4 is 10.6 Å². The predicted octanol–water partition coefficient (Wildman–Crippen LogP) is 8.23. The van der Waals surface area contributed by atoms with Crippen LogP contribution in [0.1, 0.15) is 68.9 Å². The Morgan fingerprint density at radius 2 is 1.73 bits per heavy atom. The first kappa shape index (κ1) is 29.4. The molecule has 2 aliphatic carbocycles. The van der Waals surface area contributed by atoms with E-state index in [4.69, 9.17) is 39.9 Å². The molecule has 1 aromatic heterocycles. The van der Waals surface area contributed by atoms with Gasteiger partial charge in [0.15, 0.2) is 5.69 Å². The Hall–Kier alpha value is -2.05. The van der Waals surface area contributed by atoms with E-state index in [1.54, 1.807) is 16.8 Å². The van der Waals surface area contributed by atoms with Crippen LogP contribution in [0, 0.1) is 23.7 Å². The van der Waals surface area contributed by atoms with Crippen molar-refractivity contribution in [1.29, 1.82) is 0 Å². The Balaban J connectivity index is 1.35. The van der Waals surface area contributed by atoms with Gasteiger partial charge in [0.1, 0.15) is 0 Å². The summed E-state index contributed by atoms with van der Waals surface area (Å²) in [5, 5.41) is 13.4. The number of nitrogens with zero attached hydrogens (tertiary/aromatic N) is 2. The smallest absolute Gasteiger partial charge is 0.272 e. The lowest BCUT2D eigenvalue weighted by molar-refractivity contribution is 0.0612. The number of carbonyl (C=O) groups is 1. The molecule has 2 fully saturated rings. The van der Waals surface area contributed by atoms with Crippen molar-refractivity contribution in [1.82, 2.24) is 20.4 Å². The van der Waals surface area contributed by atoms with E-state index in [1.807, 2.05) is 37.3 Å². The molecule has 2 aromatic carbocycles. The van der Waals surface area contributed by atoms with Crippen molar-refractivity contribution in [3.05, 3.63) is 68.8 Å². The fourth-order valence-electron chi connectivity index (χ4n) is 7.20. The molecule has 0 radical (unpaired) electrons. The molecule has 8 heteroatoms. The van der Waals surface area contributed by atoms with Crippen LogP contribution in [0.4, 0.5) is 0 Å². The van der Waals surface area contributed by atoms with E-state index < -0.39 is 0 Å². The normalized spacial score (nSPS) is 24.2. The van der Waals surface area contributed by atoms with E-state index in [-0.39, 0.29) is 5.91 Å². The average Bonchev–Trinajstić information content (AvgIpc) is 3.31. The minimum Gasteiger partial charge on any atom is -0.349 e. The standard InChI is InChI=1S/C32H39Cl3N4O/c1-4-21-16-20-14-19(3)15-23(17-20)29(21)36-12-13-37-32(40)30-26(5-2)31(22-6-8-24(33)9-7-22)39(38-30)28-11-10-25(34)18-27(28)35/h6-11,18-21,23,29,36H,4-5,12-17H2,1-3H3,(H,37,40). The van der Waals surface area contributed by atoms with Crippen molar-refractivity contribution in [3.8, 4) is 16.9 Å². The lowest BCUT2D eigenvalue weighted by atomic mass is 9.62. The van der Waals surface area contributed by atoms with Gasteiger partial charge in [-0.15, -0.1) is 0 Å². The van der Waals surface area contributed by atoms with E-state index >= 15 is 0 Å². The van der Waals surface area contributed by atoms with Crippen molar-refractivity contribution < 1.29 is 4.79 Å². The number of amides is 1. The molecule has 5 nitrogen and oxygen atoms in total. The molecule has 3 aromatic rings. The van der Waals surface area contributed by atoms with Crippen LogP contribution in [0.3, 0.4) is 0 Å². The molecular formula is C32H39Cl3N4O. The number of hydrogen-bond acceptors (Lipinski definition) is 3. The summed E-state index contributed by atoms with van der Waals surface area (Å²) < 4.78 is 1.75. The summed E-state index contributed by atoms with van der Waals surface area (Å²) in [4.78, 5) is 13.5. The summed E-state index contributed by atoms with van der Waals surface area (Å²) in [5.74, 6) is 3.00. The zero-order valence-corrected chi connectivity index (χ0v) is 25.8. The molecule has 40 heavy (non-hydrogen) atoms. The lowest BCUT2D eigenvalue weighted by Crippen LogP contribution is -2.51. The molecule has 5 atom stereocenters. The van der Waals surface area contributed by atoms with Gasteiger partial charge in [0.25, 0.3) is 5.91 Å². The Kier molecular flexibility index (Phi) is 9.46. The maximum absolute atomic E-state index is 13.5. The minimum atomic E-state index is -0.181. The number of rotatable bonds is 9. The van der Waals surface area contributed by atoms with Crippen molar-refractivity contribution in [3.63, 3.8) is 0 Å². The van der Waals surface area contributed by atoms with Gasteiger partial charge in [-0.05, 0) is 86.1 Å². The largest absolute Gasteiger partial charge is 0.349 e. The topological polar surface area (TPSA) is 59.0 Å². The van der Waals surface area contributed by atoms with E-state index in [2.05, 4.69) is 24.5 Å². The molecule has 2 saturated carbocycles. The zero-order chi connectivity index (χ0) is 28.4. The second-order valence-electron chi connectivity index (χ2n) is 11.6. The summed E-state index contributed by atoms with van der Waals surface area (Å²) >= 11 is 19.0. The quantitative estimate of drug-likeness (QED) is 0.243. The summed E-state index contributed by atoms with van der Waals surface area (Å²) in [6.07, 6.45) is 7.23. The molecule has 0 spiro atoms. The molecule has 2 bridgehead atoms. The van der Waals surface area contributed by atoms with E-state index in [0.29, 0.717) is 45.5 Å². The van der Waals surface area contributed by atoms with Gasteiger partial charge in [0.05, 0.1) is 16.4 Å². The zero-order valence-electron chi connectivity index (χ0n) is 23.5. The van der Waals surface area contributed by atoms with Crippen molar-refractivity contribution in [2.24, 2.45) is 23.7 Å². The maximum Gasteiger partial charge on any atom is 0.272 e. The number of nitrogens with one attached hydrogen (secondary N) is 2. The third-order valence-corrected chi connectivity index (χ3v) is 9.64. The molecule has 5 rings (SSSR count). The van der Waals surface area contributed by atoms with Gasteiger partial charge in [0.2, 0.25) is 0 Å². The number of fused-ring (bicyclic) bond motifs is 2. The number of benzene rings is 2. The first-order valence-electron chi connectivity index (χ1n) is 14.6. The van der Waals surface area contributed by atoms with Crippen LogP contribution >= 0.6 is 34.8 Å². The van der Waals surface area contributed by atoms with Gasteiger partial charge >= 0.3 is 0 Å². The summed E-state index contributed by atoms with van der Waals surface area (Å²) in [5.41, 5.74) is 3.66. The highest BCUT2D eigenvalue weighted by atomic mass is 35.5. The molecule has 0 aliphatic heterocycles. The maximum atomic E-state index is 13.5. The summed E-state index contributed by atoms with van der Waals surface area (Å²) in [6.45, 7) is 8.06. The monoisotopic (exact) mass is 600 g/mol. The van der Waals surface area contributed by atoms with Gasteiger partial charge in [-0.1, -0.05) is 74.1 Å².